The van der Waals surface area contributed by atoms with Crippen molar-refractivity contribution in [3.05, 3.63) is 59.7 Å². The molecule has 2 rings (SSSR count). The Morgan fingerprint density at radius 2 is 0.800 bits per heavy atom. The Hall–Kier alpha value is -2.00. The molecule has 0 aromatic heterocycles. The molecule has 0 radical (unpaired) electrons. The van der Waals surface area contributed by atoms with Crippen molar-refractivity contribution in [2.24, 2.45) is 0 Å². The third-order valence-electron chi connectivity index (χ3n) is 8.03. The molecule has 40 heavy (non-hydrogen) atoms. The lowest BCUT2D eigenvalue weighted by Crippen LogP contribution is -2.25. The van der Waals surface area contributed by atoms with Gasteiger partial charge in [-0.2, -0.15) is 0 Å². The molecule has 0 atom stereocenters. The molecule has 2 aromatic carbocycles. The van der Waals surface area contributed by atoms with Crippen molar-refractivity contribution in [3.8, 4) is 0 Å². The van der Waals surface area contributed by atoms with Gasteiger partial charge in [-0.15, -0.1) is 0 Å². The zero-order chi connectivity index (χ0) is 28.8. The monoisotopic (exact) mass is 550 g/mol. The minimum absolute atomic E-state index is 0.0155. The molecule has 3 nitrogen and oxygen atoms in total. The van der Waals surface area contributed by atoms with E-state index in [4.69, 9.17) is 4.74 Å². The fraction of sp³-hybridized carbons (Fsp3) is 0.676. The van der Waals surface area contributed by atoms with E-state index < -0.39 is 0 Å². The van der Waals surface area contributed by atoms with Gasteiger partial charge in [-0.05, 0) is 67.5 Å². The Labute approximate surface area is 248 Å². The highest BCUT2D eigenvalue weighted by Crippen LogP contribution is 2.30. The van der Waals surface area contributed by atoms with E-state index in [0.29, 0.717) is 0 Å². The second kappa shape index (κ2) is 21.7. The van der Waals surface area contributed by atoms with E-state index in [0.717, 1.165) is 39.2 Å². The average Bonchev–Trinajstić information content (AvgIpc) is 2.99. The van der Waals surface area contributed by atoms with Gasteiger partial charge in [0.25, 0.3) is 0 Å². The van der Waals surface area contributed by atoms with Crippen molar-refractivity contribution >= 4 is 11.4 Å². The van der Waals surface area contributed by atoms with Crippen LogP contribution < -0.4 is 9.80 Å². The average molecular weight is 551 g/mol. The van der Waals surface area contributed by atoms with Gasteiger partial charge in [-0.1, -0.05) is 117 Å². The Morgan fingerprint density at radius 3 is 1.18 bits per heavy atom. The summed E-state index contributed by atoms with van der Waals surface area (Å²) in [6.45, 7) is 16.8. The molecule has 0 aliphatic carbocycles. The number of benzene rings is 2. The highest BCUT2D eigenvalue weighted by atomic mass is 16.5. The first-order chi connectivity index (χ1) is 19.7. The van der Waals surface area contributed by atoms with Crippen molar-refractivity contribution in [2.45, 2.75) is 131 Å². The molecule has 0 N–H and O–H groups in total. The lowest BCUT2D eigenvalue weighted by molar-refractivity contribution is 0.0768. The zero-order valence-corrected chi connectivity index (χ0v) is 26.9. The minimum Gasteiger partial charge on any atom is -0.372 e. The molecule has 0 aliphatic rings. The topological polar surface area (TPSA) is 15.7 Å². The first-order valence-corrected chi connectivity index (χ1v) is 17.0. The number of rotatable bonds is 24. The van der Waals surface area contributed by atoms with Crippen molar-refractivity contribution in [3.63, 3.8) is 0 Å². The summed E-state index contributed by atoms with van der Waals surface area (Å²) in [5.74, 6) is 0. The quantitative estimate of drug-likeness (QED) is 0.121. The van der Waals surface area contributed by atoms with Crippen LogP contribution in [0.25, 0.3) is 0 Å². The van der Waals surface area contributed by atoms with Gasteiger partial charge in [0.05, 0.1) is 0 Å². The summed E-state index contributed by atoms with van der Waals surface area (Å²) in [4.78, 5) is 5.14. The van der Waals surface area contributed by atoms with Gasteiger partial charge >= 0.3 is 0 Å². The molecule has 0 heterocycles. The second-order valence-electron chi connectivity index (χ2n) is 11.6. The van der Waals surface area contributed by atoms with Crippen LogP contribution in [0.15, 0.2) is 48.5 Å². The van der Waals surface area contributed by atoms with Crippen LogP contribution in [-0.4, -0.2) is 32.8 Å². The van der Waals surface area contributed by atoms with Crippen LogP contribution in [-0.2, 0) is 4.74 Å². The summed E-state index contributed by atoms with van der Waals surface area (Å²) in [5, 5.41) is 0. The first kappa shape index (κ1) is 34.2. The number of nitrogens with zero attached hydrogens (tertiary/aromatic N) is 2. The summed E-state index contributed by atoms with van der Waals surface area (Å²) in [6.07, 6.45) is 17.6. The molecule has 0 amide bonds. The summed E-state index contributed by atoms with van der Waals surface area (Å²) < 4.78 is 6.65. The number of ether oxygens (including phenoxy) is 1. The van der Waals surface area contributed by atoms with E-state index in [1.54, 1.807) is 0 Å². The van der Waals surface area contributed by atoms with Gasteiger partial charge in [0.15, 0.2) is 0 Å². The molecule has 0 spiro atoms. The predicted molar refractivity (Wildman–Crippen MR) is 178 cm³/mol. The van der Waals surface area contributed by atoms with Crippen LogP contribution in [0.5, 0.6) is 0 Å². The number of unbranched alkanes of at least 4 members (excludes halogenated alkanes) is 9. The molecule has 0 saturated carbocycles. The smallest absolute Gasteiger partial charge is 0.108 e. The van der Waals surface area contributed by atoms with Gasteiger partial charge in [-0.3, -0.25) is 0 Å². The number of hydrogen-bond donors (Lipinski definition) is 0. The maximum Gasteiger partial charge on any atom is 0.108 e. The van der Waals surface area contributed by atoms with E-state index in [1.165, 1.54) is 106 Å². The van der Waals surface area contributed by atoms with Gasteiger partial charge in [0.1, 0.15) is 6.10 Å². The fourth-order valence-corrected chi connectivity index (χ4v) is 5.32. The highest BCUT2D eigenvalue weighted by molar-refractivity contribution is 5.51. The number of hydrogen-bond acceptors (Lipinski definition) is 3. The van der Waals surface area contributed by atoms with E-state index in [-0.39, 0.29) is 6.10 Å². The van der Waals surface area contributed by atoms with Crippen LogP contribution in [0.2, 0.25) is 0 Å². The van der Waals surface area contributed by atoms with Gasteiger partial charge in [0.2, 0.25) is 0 Å². The molecular formula is C37H62N2O. The molecule has 226 valence electrons. The molecule has 0 fully saturated rings. The van der Waals surface area contributed by atoms with E-state index in [2.05, 4.69) is 92.9 Å². The van der Waals surface area contributed by atoms with E-state index in [1.807, 2.05) is 0 Å². The molecule has 0 aliphatic heterocycles. The van der Waals surface area contributed by atoms with Crippen LogP contribution in [0, 0.1) is 0 Å². The van der Waals surface area contributed by atoms with Gasteiger partial charge in [0, 0.05) is 44.2 Å². The van der Waals surface area contributed by atoms with Gasteiger partial charge in [-0.25, -0.2) is 0 Å². The second-order valence-corrected chi connectivity index (χ2v) is 11.6. The Bertz CT molecular complexity index is 768. The maximum absolute atomic E-state index is 6.65. The fourth-order valence-electron chi connectivity index (χ4n) is 5.32. The van der Waals surface area contributed by atoms with Crippen LogP contribution in [0.4, 0.5) is 11.4 Å². The lowest BCUT2D eigenvalue weighted by atomic mass is 10.00. The standard InChI is InChI=1S/C37H62N2O/c1-6-11-16-17-18-19-32-40-37(33-20-24-35(25-21-33)38(28-12-7-2)29-13-8-3)34-22-26-36(27-23-34)39(30-14-9-4)31-15-10-5/h20-27,37H,6-19,28-32H2,1-5H3. The molecule has 3 heteroatoms. The summed E-state index contributed by atoms with van der Waals surface area (Å²) >= 11 is 0. The largest absolute Gasteiger partial charge is 0.372 e. The van der Waals surface area contributed by atoms with E-state index in [9.17, 15) is 0 Å². The van der Waals surface area contributed by atoms with Crippen LogP contribution >= 0.6 is 0 Å². The minimum atomic E-state index is -0.0155. The molecule has 2 aromatic rings. The van der Waals surface area contributed by atoms with Crippen molar-refractivity contribution < 1.29 is 4.74 Å². The third kappa shape index (κ3) is 12.7. The Balaban J connectivity index is 2.21. The third-order valence-corrected chi connectivity index (χ3v) is 8.03. The zero-order valence-electron chi connectivity index (χ0n) is 26.9. The highest BCUT2D eigenvalue weighted by Gasteiger charge is 2.17. The molecule has 0 unspecified atom stereocenters. The van der Waals surface area contributed by atoms with Crippen LogP contribution in [0.1, 0.15) is 142 Å². The summed E-state index contributed by atoms with van der Waals surface area (Å²) in [6, 6.07) is 18.6. The predicted octanol–water partition coefficient (Wildman–Crippen LogP) is 11.0. The van der Waals surface area contributed by atoms with Crippen molar-refractivity contribution in [1.82, 2.24) is 0 Å². The normalized spacial score (nSPS) is 11.3. The van der Waals surface area contributed by atoms with Crippen molar-refractivity contribution in [2.75, 3.05) is 42.6 Å². The van der Waals surface area contributed by atoms with Crippen LogP contribution in [0.3, 0.4) is 0 Å². The molecule has 0 bridgehead atoms. The van der Waals surface area contributed by atoms with Crippen molar-refractivity contribution in [1.29, 1.82) is 0 Å². The van der Waals surface area contributed by atoms with Gasteiger partial charge < -0.3 is 14.5 Å². The first-order valence-electron chi connectivity index (χ1n) is 17.0. The maximum atomic E-state index is 6.65. The molecule has 0 saturated heterocycles. The SMILES string of the molecule is CCCCCCCCOC(c1ccc(N(CCCC)CCCC)cc1)c1ccc(N(CCCC)CCCC)cc1. The summed E-state index contributed by atoms with van der Waals surface area (Å²) in [7, 11) is 0. The number of anilines is 2. The Kier molecular flexibility index (Phi) is 18.6. The Morgan fingerprint density at radius 1 is 0.450 bits per heavy atom. The van der Waals surface area contributed by atoms with E-state index >= 15 is 0 Å². The molecular weight excluding hydrogens is 488 g/mol. The lowest BCUT2D eigenvalue weighted by Gasteiger charge is -2.27. The summed E-state index contributed by atoms with van der Waals surface area (Å²) in [5.41, 5.74) is 5.22.